The maximum atomic E-state index is 12.0. The smallest absolute Gasteiger partial charge is 0.224 e. The van der Waals surface area contributed by atoms with Gasteiger partial charge in [0.05, 0.1) is 5.54 Å². The van der Waals surface area contributed by atoms with Gasteiger partial charge >= 0.3 is 0 Å². The summed E-state index contributed by atoms with van der Waals surface area (Å²) in [5, 5.41) is 6.09. The Bertz CT molecular complexity index is 365. The number of nitrogens with one attached hydrogen (secondary N) is 2. The fourth-order valence-corrected chi connectivity index (χ4v) is 1.76. The van der Waals surface area contributed by atoms with Crippen LogP contribution in [0, 0.1) is 5.92 Å². The minimum absolute atomic E-state index is 0. The predicted octanol–water partition coefficient (Wildman–Crippen LogP) is 2.32. The zero-order chi connectivity index (χ0) is 12.9. The molecule has 0 saturated heterocycles. The highest BCUT2D eigenvalue weighted by molar-refractivity contribution is 5.85. The summed E-state index contributed by atoms with van der Waals surface area (Å²) in [4.78, 5) is 12.0. The van der Waals surface area contributed by atoms with Gasteiger partial charge in [0.25, 0.3) is 0 Å². The lowest BCUT2D eigenvalue weighted by Crippen LogP contribution is -2.45. The van der Waals surface area contributed by atoms with Gasteiger partial charge in [-0.05, 0) is 26.5 Å². The number of carbonyl (C=O) groups excluding carboxylic acids is 1. The van der Waals surface area contributed by atoms with E-state index >= 15 is 0 Å². The largest absolute Gasteiger partial charge is 0.347 e. The molecule has 0 saturated carbocycles. The molecule has 1 unspecified atom stereocenters. The highest BCUT2D eigenvalue weighted by Crippen LogP contribution is 2.19. The number of benzene rings is 1. The molecule has 0 fully saturated rings. The average molecular weight is 271 g/mol. The molecule has 4 heteroatoms. The summed E-state index contributed by atoms with van der Waals surface area (Å²) in [6.45, 7) is 6.66. The molecule has 0 aromatic heterocycles. The Kier molecular flexibility index (Phi) is 6.96. The second-order valence-corrected chi connectivity index (χ2v) is 4.94. The maximum Gasteiger partial charge on any atom is 0.224 e. The number of halogens is 1. The molecule has 0 radical (unpaired) electrons. The van der Waals surface area contributed by atoms with E-state index in [9.17, 15) is 4.79 Å². The monoisotopic (exact) mass is 270 g/mol. The van der Waals surface area contributed by atoms with Crippen molar-refractivity contribution in [2.24, 2.45) is 5.92 Å². The molecular formula is C14H23ClN2O. The van der Waals surface area contributed by atoms with Crippen molar-refractivity contribution in [2.75, 3.05) is 13.6 Å². The third-order valence-corrected chi connectivity index (χ3v) is 2.89. The second kappa shape index (κ2) is 7.39. The number of hydrogen-bond acceptors (Lipinski definition) is 2. The fraction of sp³-hybridized carbons (Fsp3) is 0.500. The van der Waals surface area contributed by atoms with Gasteiger partial charge in [-0.2, -0.15) is 0 Å². The van der Waals surface area contributed by atoms with Crippen LogP contribution >= 0.6 is 12.4 Å². The molecule has 1 aromatic rings. The van der Waals surface area contributed by atoms with Gasteiger partial charge in [0, 0.05) is 12.5 Å². The molecule has 0 heterocycles. The summed E-state index contributed by atoms with van der Waals surface area (Å²) in [7, 11) is 1.85. The van der Waals surface area contributed by atoms with Gasteiger partial charge < -0.3 is 10.6 Å². The first-order chi connectivity index (χ1) is 7.97. The number of carbonyl (C=O) groups is 1. The van der Waals surface area contributed by atoms with Crippen molar-refractivity contribution in [3.05, 3.63) is 35.9 Å². The van der Waals surface area contributed by atoms with Crippen LogP contribution in [0.15, 0.2) is 30.3 Å². The molecule has 1 rings (SSSR count). The Hall–Kier alpha value is -1.06. The van der Waals surface area contributed by atoms with Crippen molar-refractivity contribution in [1.82, 2.24) is 10.6 Å². The van der Waals surface area contributed by atoms with Gasteiger partial charge in [0.15, 0.2) is 0 Å². The summed E-state index contributed by atoms with van der Waals surface area (Å²) in [5.74, 6) is 0.0520. The first-order valence-electron chi connectivity index (χ1n) is 5.99. The van der Waals surface area contributed by atoms with E-state index < -0.39 is 0 Å². The Morgan fingerprint density at radius 1 is 1.28 bits per heavy atom. The molecule has 102 valence electrons. The fourth-order valence-electron chi connectivity index (χ4n) is 1.76. The molecule has 0 spiro atoms. The van der Waals surface area contributed by atoms with Crippen LogP contribution in [0.3, 0.4) is 0 Å². The van der Waals surface area contributed by atoms with Crippen LogP contribution in [0.5, 0.6) is 0 Å². The number of hydrogen-bond donors (Lipinski definition) is 2. The van der Waals surface area contributed by atoms with Crippen LogP contribution in [-0.2, 0) is 10.3 Å². The van der Waals surface area contributed by atoms with Gasteiger partial charge in [-0.1, -0.05) is 37.3 Å². The minimum atomic E-state index is -0.333. The van der Waals surface area contributed by atoms with Gasteiger partial charge in [-0.15, -0.1) is 12.4 Å². The molecule has 1 atom stereocenters. The molecular weight excluding hydrogens is 248 g/mol. The van der Waals surface area contributed by atoms with Crippen molar-refractivity contribution in [3.63, 3.8) is 0 Å². The number of rotatable bonds is 5. The van der Waals surface area contributed by atoms with E-state index in [1.165, 1.54) is 0 Å². The van der Waals surface area contributed by atoms with Crippen LogP contribution in [0.1, 0.15) is 26.3 Å². The average Bonchev–Trinajstić information content (AvgIpc) is 2.30. The second-order valence-electron chi connectivity index (χ2n) is 4.94. The van der Waals surface area contributed by atoms with E-state index in [0.717, 1.165) is 5.56 Å². The summed E-state index contributed by atoms with van der Waals surface area (Å²) in [6.07, 6.45) is 0. The van der Waals surface area contributed by atoms with Crippen LogP contribution < -0.4 is 10.6 Å². The molecule has 0 aliphatic carbocycles. The molecule has 0 aliphatic heterocycles. The quantitative estimate of drug-likeness (QED) is 0.862. The molecule has 18 heavy (non-hydrogen) atoms. The van der Waals surface area contributed by atoms with Crippen molar-refractivity contribution in [2.45, 2.75) is 26.3 Å². The lowest BCUT2D eigenvalue weighted by Gasteiger charge is -2.28. The van der Waals surface area contributed by atoms with Gasteiger partial charge in [0.1, 0.15) is 0 Å². The van der Waals surface area contributed by atoms with E-state index in [0.29, 0.717) is 6.54 Å². The first kappa shape index (κ1) is 16.9. The summed E-state index contributed by atoms with van der Waals surface area (Å²) >= 11 is 0. The molecule has 0 bridgehead atoms. The van der Waals surface area contributed by atoms with E-state index in [4.69, 9.17) is 0 Å². The highest BCUT2D eigenvalue weighted by atomic mass is 35.5. The molecule has 2 N–H and O–H groups in total. The van der Waals surface area contributed by atoms with E-state index in [2.05, 4.69) is 10.6 Å². The topological polar surface area (TPSA) is 41.1 Å². The van der Waals surface area contributed by atoms with Crippen LogP contribution in [0.2, 0.25) is 0 Å². The van der Waals surface area contributed by atoms with Crippen LogP contribution in [0.4, 0.5) is 0 Å². The molecule has 0 aliphatic rings. The molecule has 3 nitrogen and oxygen atoms in total. The Labute approximate surface area is 116 Å². The van der Waals surface area contributed by atoms with Crippen molar-refractivity contribution < 1.29 is 4.79 Å². The normalized spacial score (nSPS) is 12.4. The van der Waals surface area contributed by atoms with E-state index in [1.807, 2.05) is 58.2 Å². The van der Waals surface area contributed by atoms with Gasteiger partial charge in [-0.25, -0.2) is 0 Å². The summed E-state index contributed by atoms with van der Waals surface area (Å²) in [6, 6.07) is 10.0. The highest BCUT2D eigenvalue weighted by Gasteiger charge is 2.24. The van der Waals surface area contributed by atoms with Crippen LogP contribution in [0.25, 0.3) is 0 Å². The van der Waals surface area contributed by atoms with E-state index in [1.54, 1.807) is 0 Å². The van der Waals surface area contributed by atoms with Gasteiger partial charge in [0.2, 0.25) is 5.91 Å². The Morgan fingerprint density at radius 2 is 1.83 bits per heavy atom. The lowest BCUT2D eigenvalue weighted by molar-refractivity contribution is -0.126. The van der Waals surface area contributed by atoms with Crippen LogP contribution in [-0.4, -0.2) is 19.5 Å². The number of amides is 1. The Balaban J connectivity index is 0.00000289. The summed E-state index contributed by atoms with van der Waals surface area (Å²) < 4.78 is 0. The predicted molar refractivity (Wildman–Crippen MR) is 77.9 cm³/mol. The standard InChI is InChI=1S/C14H22N2O.ClH/c1-11(10-15-4)13(17)16-14(2,3)12-8-6-5-7-9-12;/h5-9,11,15H,10H2,1-4H3,(H,16,17);1H. The molecule has 1 aromatic carbocycles. The van der Waals surface area contributed by atoms with E-state index in [-0.39, 0.29) is 29.8 Å². The van der Waals surface area contributed by atoms with Crippen molar-refractivity contribution >= 4 is 18.3 Å². The molecule has 1 amide bonds. The first-order valence-corrected chi connectivity index (χ1v) is 5.99. The lowest BCUT2D eigenvalue weighted by atomic mass is 9.93. The van der Waals surface area contributed by atoms with Gasteiger partial charge in [-0.3, -0.25) is 4.79 Å². The van der Waals surface area contributed by atoms with Crippen molar-refractivity contribution in [1.29, 1.82) is 0 Å². The maximum absolute atomic E-state index is 12.0. The SMILES string of the molecule is CNCC(C)C(=O)NC(C)(C)c1ccccc1.Cl. The zero-order valence-electron chi connectivity index (χ0n) is 11.5. The minimum Gasteiger partial charge on any atom is -0.347 e. The summed E-state index contributed by atoms with van der Waals surface area (Å²) in [5.41, 5.74) is 0.783. The third kappa shape index (κ3) is 4.67. The Morgan fingerprint density at radius 3 is 2.33 bits per heavy atom. The van der Waals surface area contributed by atoms with Crippen molar-refractivity contribution in [3.8, 4) is 0 Å². The zero-order valence-corrected chi connectivity index (χ0v) is 12.3. The third-order valence-electron chi connectivity index (χ3n) is 2.89.